The highest BCUT2D eigenvalue weighted by Crippen LogP contribution is 2.35. The number of aryl methyl sites for hydroxylation is 1. The summed E-state index contributed by atoms with van der Waals surface area (Å²) in [4.78, 5) is 12.3. The van der Waals surface area contributed by atoms with E-state index in [1.807, 2.05) is 13.8 Å². The number of rotatable bonds is 1. The van der Waals surface area contributed by atoms with E-state index in [4.69, 9.17) is 4.74 Å². The number of esters is 1. The van der Waals surface area contributed by atoms with Crippen LogP contribution in [-0.2, 0) is 16.6 Å². The summed E-state index contributed by atoms with van der Waals surface area (Å²) in [6.07, 6.45) is 1.92. The molecule has 0 saturated carbocycles. The average Bonchev–Trinajstić information content (AvgIpc) is 2.62. The predicted molar refractivity (Wildman–Crippen MR) is 74.3 cm³/mol. The predicted octanol–water partition coefficient (Wildman–Crippen LogP) is 2.26. The highest BCUT2D eigenvalue weighted by Gasteiger charge is 2.35. The van der Waals surface area contributed by atoms with E-state index < -0.39 is 17.2 Å². The van der Waals surface area contributed by atoms with E-state index in [9.17, 15) is 14.4 Å². The Hall–Kier alpha value is -2.37. The van der Waals surface area contributed by atoms with E-state index in [-0.39, 0.29) is 23.3 Å². The van der Waals surface area contributed by atoms with Crippen LogP contribution in [0.15, 0.2) is 24.3 Å². The molecule has 2 aromatic rings. The third-order valence-electron chi connectivity index (χ3n) is 3.62. The van der Waals surface area contributed by atoms with Gasteiger partial charge < -0.3 is 9.94 Å². The number of halogens is 1. The summed E-state index contributed by atoms with van der Waals surface area (Å²) in [6, 6.07) is 4.46. The standard InChI is InChI=1S/C15H15FN2O3/c1-15(2)7-11(21-12(19)8-15)14-13-9(16)5-4-6-10(13)17(3)18(14)20/h4-7H,8H2,1-3H3. The normalized spacial score (nSPS) is 17.7. The summed E-state index contributed by atoms with van der Waals surface area (Å²) in [6.45, 7) is 3.73. The van der Waals surface area contributed by atoms with Gasteiger partial charge in [-0.1, -0.05) is 24.8 Å². The van der Waals surface area contributed by atoms with Gasteiger partial charge in [-0.15, -0.1) is 4.68 Å². The zero-order valence-electron chi connectivity index (χ0n) is 12.0. The minimum absolute atomic E-state index is 0.0340. The molecule has 0 radical (unpaired) electrons. The van der Waals surface area contributed by atoms with Gasteiger partial charge in [-0.05, 0) is 23.6 Å². The summed E-state index contributed by atoms with van der Waals surface area (Å²) < 4.78 is 20.6. The first kappa shape index (κ1) is 13.6. The van der Waals surface area contributed by atoms with Crippen molar-refractivity contribution in [3.05, 3.63) is 41.0 Å². The maximum Gasteiger partial charge on any atom is 0.312 e. The number of aromatic nitrogens is 2. The molecule has 1 aromatic carbocycles. The van der Waals surface area contributed by atoms with E-state index in [1.165, 1.54) is 23.9 Å². The van der Waals surface area contributed by atoms with Gasteiger partial charge in [-0.2, -0.15) is 0 Å². The van der Waals surface area contributed by atoms with E-state index in [0.717, 1.165) is 0 Å². The molecular formula is C15H15FN2O3. The average molecular weight is 290 g/mol. The van der Waals surface area contributed by atoms with Crippen molar-refractivity contribution in [1.82, 2.24) is 4.68 Å². The van der Waals surface area contributed by atoms with Crippen LogP contribution in [0.3, 0.4) is 0 Å². The first-order valence-electron chi connectivity index (χ1n) is 6.61. The Morgan fingerprint density at radius 1 is 1.43 bits per heavy atom. The molecule has 3 rings (SSSR count). The number of carbonyl (C=O) groups is 1. The van der Waals surface area contributed by atoms with Crippen LogP contribution in [0.4, 0.5) is 4.39 Å². The van der Waals surface area contributed by atoms with Crippen molar-refractivity contribution in [3.8, 4) is 0 Å². The maximum atomic E-state index is 14.2. The first-order valence-corrected chi connectivity index (χ1v) is 6.61. The number of hydrogen-bond acceptors (Lipinski definition) is 3. The number of carbonyl (C=O) groups excluding carboxylic acids is 1. The van der Waals surface area contributed by atoms with E-state index >= 15 is 0 Å². The molecule has 1 aliphatic rings. The number of ether oxygens (including phenoxy) is 1. The molecule has 6 heteroatoms. The molecule has 5 nitrogen and oxygen atoms in total. The molecule has 1 aromatic heterocycles. The van der Waals surface area contributed by atoms with Crippen molar-refractivity contribution in [1.29, 1.82) is 0 Å². The molecule has 0 N–H and O–H groups in total. The Morgan fingerprint density at radius 3 is 2.81 bits per heavy atom. The van der Waals surface area contributed by atoms with Crippen LogP contribution in [0.5, 0.6) is 0 Å². The lowest BCUT2D eigenvalue weighted by Gasteiger charge is -2.24. The molecule has 110 valence electrons. The van der Waals surface area contributed by atoms with Crippen LogP contribution in [0.25, 0.3) is 16.7 Å². The minimum Gasteiger partial charge on any atom is -0.595 e. The summed E-state index contributed by atoms with van der Waals surface area (Å²) >= 11 is 0. The Bertz CT molecular complexity index is 790. The van der Waals surface area contributed by atoms with Gasteiger partial charge in [-0.25, -0.2) is 4.39 Å². The van der Waals surface area contributed by atoms with E-state index in [0.29, 0.717) is 10.4 Å². The second kappa shape index (κ2) is 4.31. The number of cyclic esters (lactones) is 1. The van der Waals surface area contributed by atoms with Crippen molar-refractivity contribution < 1.29 is 18.8 Å². The van der Waals surface area contributed by atoms with Gasteiger partial charge in [0.1, 0.15) is 16.7 Å². The van der Waals surface area contributed by atoms with Crippen LogP contribution in [0.2, 0.25) is 0 Å². The van der Waals surface area contributed by atoms with E-state index in [2.05, 4.69) is 0 Å². The number of benzene rings is 1. The SMILES string of the molecule is Cn1c2cccc(F)c2c(C2=CC(C)(C)CC(=O)O2)[n+]1[O-]. The van der Waals surface area contributed by atoms with Crippen molar-refractivity contribution >= 4 is 22.6 Å². The largest absolute Gasteiger partial charge is 0.595 e. The van der Waals surface area contributed by atoms with Crippen LogP contribution in [-0.4, -0.2) is 10.7 Å². The molecule has 1 aliphatic heterocycles. The van der Waals surface area contributed by atoms with Crippen molar-refractivity contribution in [3.63, 3.8) is 0 Å². The topological polar surface area (TPSA) is 58.2 Å². The summed E-state index contributed by atoms with van der Waals surface area (Å²) in [5.74, 6) is -0.833. The fraction of sp³-hybridized carbons (Fsp3) is 0.333. The lowest BCUT2D eigenvalue weighted by atomic mass is 9.86. The van der Waals surface area contributed by atoms with Gasteiger partial charge in [0.15, 0.2) is 0 Å². The van der Waals surface area contributed by atoms with Crippen molar-refractivity contribution in [2.24, 2.45) is 12.5 Å². The highest BCUT2D eigenvalue weighted by molar-refractivity contribution is 5.91. The lowest BCUT2D eigenvalue weighted by Crippen LogP contribution is -2.39. The lowest BCUT2D eigenvalue weighted by molar-refractivity contribution is -0.691. The maximum absolute atomic E-state index is 14.2. The molecule has 0 atom stereocenters. The molecule has 0 spiro atoms. The van der Waals surface area contributed by atoms with Crippen molar-refractivity contribution in [2.45, 2.75) is 20.3 Å². The molecule has 0 saturated heterocycles. The minimum atomic E-state index is -0.520. The molecular weight excluding hydrogens is 275 g/mol. The summed E-state index contributed by atoms with van der Waals surface area (Å²) in [7, 11) is 1.54. The summed E-state index contributed by atoms with van der Waals surface area (Å²) in [5.41, 5.74) is 0.0394. The first-order chi connectivity index (χ1) is 9.80. The van der Waals surface area contributed by atoms with Crippen molar-refractivity contribution in [2.75, 3.05) is 0 Å². The van der Waals surface area contributed by atoms with Crippen LogP contribution in [0, 0.1) is 16.4 Å². The third-order valence-corrected chi connectivity index (χ3v) is 3.62. The van der Waals surface area contributed by atoms with Gasteiger partial charge in [-0.3, -0.25) is 4.79 Å². The number of nitrogens with zero attached hydrogens (tertiary/aromatic N) is 2. The Kier molecular flexibility index (Phi) is 2.79. The van der Waals surface area contributed by atoms with Gasteiger partial charge in [0.05, 0.1) is 13.5 Å². The molecule has 0 bridgehead atoms. The van der Waals surface area contributed by atoms with Crippen LogP contribution < -0.4 is 4.85 Å². The second-order valence-electron chi connectivity index (χ2n) is 5.93. The number of allylic oxidation sites excluding steroid dienone is 1. The molecule has 0 aliphatic carbocycles. The highest BCUT2D eigenvalue weighted by atomic mass is 19.1. The molecule has 0 unspecified atom stereocenters. The third kappa shape index (κ3) is 2.07. The van der Waals surface area contributed by atoms with Crippen LogP contribution in [0.1, 0.15) is 26.0 Å². The Labute approximate surface area is 120 Å². The Balaban J connectivity index is 2.33. The molecule has 2 heterocycles. The van der Waals surface area contributed by atoms with E-state index in [1.54, 1.807) is 12.1 Å². The molecule has 0 fully saturated rings. The molecule has 21 heavy (non-hydrogen) atoms. The Morgan fingerprint density at radius 2 is 2.14 bits per heavy atom. The number of hydrogen-bond donors (Lipinski definition) is 0. The summed E-state index contributed by atoms with van der Waals surface area (Å²) in [5, 5.41) is 12.5. The molecule has 0 amide bonds. The zero-order chi connectivity index (χ0) is 15.4. The fourth-order valence-electron chi connectivity index (χ4n) is 2.66. The van der Waals surface area contributed by atoms with Crippen LogP contribution >= 0.6 is 0 Å². The smallest absolute Gasteiger partial charge is 0.312 e. The quantitative estimate of drug-likeness (QED) is 0.460. The van der Waals surface area contributed by atoms with Gasteiger partial charge >= 0.3 is 5.97 Å². The van der Waals surface area contributed by atoms with Gasteiger partial charge in [0.2, 0.25) is 5.76 Å². The fourth-order valence-corrected chi connectivity index (χ4v) is 2.66. The monoisotopic (exact) mass is 290 g/mol. The number of fused-ring (bicyclic) bond motifs is 1. The van der Waals surface area contributed by atoms with Gasteiger partial charge in [0.25, 0.3) is 5.69 Å². The van der Waals surface area contributed by atoms with Gasteiger partial charge in [0, 0.05) is 0 Å². The second-order valence-corrected chi connectivity index (χ2v) is 5.93. The zero-order valence-corrected chi connectivity index (χ0v) is 12.0.